The van der Waals surface area contributed by atoms with E-state index in [2.05, 4.69) is 10.6 Å². The molecule has 32 heavy (non-hydrogen) atoms. The molecule has 0 aliphatic heterocycles. The number of aromatic nitrogens is 1. The zero-order valence-corrected chi connectivity index (χ0v) is 18.1. The molecule has 4 aromatic rings. The summed E-state index contributed by atoms with van der Waals surface area (Å²) in [5.74, 6) is 0.372. The first-order chi connectivity index (χ1) is 15.4. The number of ether oxygens (including phenoxy) is 1. The molecule has 0 bridgehead atoms. The molecule has 0 atom stereocenters. The Morgan fingerprint density at radius 2 is 1.50 bits per heavy atom. The van der Waals surface area contributed by atoms with E-state index in [0.717, 1.165) is 27.8 Å². The van der Waals surface area contributed by atoms with Crippen molar-refractivity contribution in [1.82, 2.24) is 4.98 Å². The predicted molar refractivity (Wildman–Crippen MR) is 127 cm³/mol. The van der Waals surface area contributed by atoms with Crippen LogP contribution in [0.2, 0.25) is 0 Å². The highest BCUT2D eigenvalue weighted by atomic mass is 16.5. The Bertz CT molecular complexity index is 1300. The Balaban J connectivity index is 1.73. The van der Waals surface area contributed by atoms with Gasteiger partial charge in [0.1, 0.15) is 5.75 Å². The van der Waals surface area contributed by atoms with E-state index >= 15 is 0 Å². The number of fused-ring (bicyclic) bond motifs is 1. The molecule has 0 radical (unpaired) electrons. The molecule has 6 heteroatoms. The van der Waals surface area contributed by atoms with Crippen molar-refractivity contribution in [2.75, 3.05) is 17.7 Å². The predicted octanol–water partition coefficient (Wildman–Crippen LogP) is 5.43. The molecule has 0 saturated heterocycles. The van der Waals surface area contributed by atoms with E-state index in [1.807, 2.05) is 49.4 Å². The van der Waals surface area contributed by atoms with E-state index in [0.29, 0.717) is 22.6 Å². The van der Waals surface area contributed by atoms with Crippen molar-refractivity contribution in [2.45, 2.75) is 13.8 Å². The number of nitrogens with one attached hydrogen (secondary N) is 2. The number of carbonyl (C=O) groups excluding carboxylic acids is 2. The summed E-state index contributed by atoms with van der Waals surface area (Å²) in [5, 5.41) is 6.50. The summed E-state index contributed by atoms with van der Waals surface area (Å²) in [7, 11) is 1.60. The van der Waals surface area contributed by atoms with E-state index in [9.17, 15) is 9.59 Å². The number of hydrogen-bond donors (Lipinski definition) is 2. The van der Waals surface area contributed by atoms with E-state index in [4.69, 9.17) is 9.72 Å². The van der Waals surface area contributed by atoms with Gasteiger partial charge in [-0.25, -0.2) is 4.98 Å². The Hall–Kier alpha value is -4.19. The Morgan fingerprint density at radius 1 is 0.844 bits per heavy atom. The number of nitrogens with zero attached hydrogens (tertiary/aromatic N) is 1. The number of pyridine rings is 1. The molecule has 0 aliphatic carbocycles. The van der Waals surface area contributed by atoms with Gasteiger partial charge in [0, 0.05) is 29.2 Å². The maximum atomic E-state index is 13.2. The molecule has 2 amide bonds. The van der Waals surface area contributed by atoms with Crippen molar-refractivity contribution in [3.63, 3.8) is 0 Å². The molecular formula is C26H23N3O3. The highest BCUT2D eigenvalue weighted by Gasteiger charge is 2.15. The molecule has 2 N–H and O–H groups in total. The molecule has 0 saturated carbocycles. The van der Waals surface area contributed by atoms with E-state index < -0.39 is 0 Å². The lowest BCUT2D eigenvalue weighted by Crippen LogP contribution is -2.13. The lowest BCUT2D eigenvalue weighted by Gasteiger charge is -2.12. The van der Waals surface area contributed by atoms with Gasteiger partial charge in [0.05, 0.1) is 23.9 Å². The van der Waals surface area contributed by atoms with Crippen LogP contribution < -0.4 is 15.4 Å². The molecule has 0 spiro atoms. The molecule has 0 unspecified atom stereocenters. The van der Waals surface area contributed by atoms with Crippen LogP contribution in [0, 0.1) is 6.92 Å². The fraction of sp³-hybridized carbons (Fsp3) is 0.115. The van der Waals surface area contributed by atoms with Gasteiger partial charge in [0.15, 0.2) is 0 Å². The minimum atomic E-state index is -0.218. The van der Waals surface area contributed by atoms with Crippen molar-refractivity contribution in [3.05, 3.63) is 83.9 Å². The molecule has 0 aliphatic rings. The number of amides is 2. The number of benzene rings is 3. The summed E-state index contributed by atoms with van der Waals surface area (Å²) < 4.78 is 5.18. The van der Waals surface area contributed by atoms with Gasteiger partial charge in [0.2, 0.25) is 5.91 Å². The normalized spacial score (nSPS) is 10.6. The second kappa shape index (κ2) is 8.89. The Morgan fingerprint density at radius 3 is 2.16 bits per heavy atom. The van der Waals surface area contributed by atoms with Crippen molar-refractivity contribution in [2.24, 2.45) is 0 Å². The number of methoxy groups -OCH3 is 1. The number of hydrogen-bond acceptors (Lipinski definition) is 4. The van der Waals surface area contributed by atoms with Gasteiger partial charge in [-0.15, -0.1) is 0 Å². The Kier molecular flexibility index (Phi) is 5.85. The van der Waals surface area contributed by atoms with Crippen molar-refractivity contribution in [1.29, 1.82) is 0 Å². The van der Waals surface area contributed by atoms with Crippen LogP contribution in [0.15, 0.2) is 72.8 Å². The van der Waals surface area contributed by atoms with E-state index in [1.54, 1.807) is 37.4 Å². The molecule has 6 nitrogen and oxygen atoms in total. The third kappa shape index (κ3) is 4.59. The summed E-state index contributed by atoms with van der Waals surface area (Å²) in [6.45, 7) is 3.45. The minimum Gasteiger partial charge on any atom is -0.497 e. The zero-order valence-electron chi connectivity index (χ0n) is 18.1. The van der Waals surface area contributed by atoms with Gasteiger partial charge in [0.25, 0.3) is 5.91 Å². The topological polar surface area (TPSA) is 80.3 Å². The van der Waals surface area contributed by atoms with Crippen molar-refractivity contribution >= 4 is 34.1 Å². The maximum Gasteiger partial charge on any atom is 0.256 e. The van der Waals surface area contributed by atoms with Gasteiger partial charge in [-0.3, -0.25) is 9.59 Å². The average molecular weight is 425 g/mol. The molecule has 1 aromatic heterocycles. The van der Waals surface area contributed by atoms with Crippen molar-refractivity contribution < 1.29 is 14.3 Å². The average Bonchev–Trinajstić information content (AvgIpc) is 2.79. The largest absolute Gasteiger partial charge is 0.497 e. The number of carbonyl (C=O) groups is 2. The van der Waals surface area contributed by atoms with Gasteiger partial charge in [-0.05, 0) is 61.5 Å². The first kappa shape index (κ1) is 21.1. The van der Waals surface area contributed by atoms with Gasteiger partial charge >= 0.3 is 0 Å². The van der Waals surface area contributed by atoms with Gasteiger partial charge < -0.3 is 15.4 Å². The second-order valence-electron chi connectivity index (χ2n) is 7.52. The molecule has 1 heterocycles. The minimum absolute atomic E-state index is 0.130. The monoisotopic (exact) mass is 425 g/mol. The summed E-state index contributed by atoms with van der Waals surface area (Å²) in [5.41, 5.74) is 5.22. The number of anilines is 2. The second-order valence-corrected chi connectivity index (χ2v) is 7.52. The highest BCUT2D eigenvalue weighted by molar-refractivity contribution is 6.13. The SMILES string of the molecule is COc1ccc(NC(=O)c2cc(-c3ccc(NC(C)=O)cc3)nc3ccc(C)cc23)cc1. The van der Waals surface area contributed by atoms with Crippen LogP contribution >= 0.6 is 0 Å². The fourth-order valence-corrected chi connectivity index (χ4v) is 3.48. The van der Waals surface area contributed by atoms with Crippen molar-refractivity contribution in [3.8, 4) is 17.0 Å². The number of aryl methyl sites for hydroxylation is 1. The van der Waals surface area contributed by atoms with Crippen LogP contribution in [0.1, 0.15) is 22.8 Å². The number of rotatable bonds is 5. The van der Waals surface area contributed by atoms with E-state index in [1.165, 1.54) is 6.92 Å². The molecule has 0 fully saturated rings. The van der Waals surface area contributed by atoms with Crippen LogP contribution in [0.3, 0.4) is 0 Å². The first-order valence-electron chi connectivity index (χ1n) is 10.2. The van der Waals surface area contributed by atoms with Crippen LogP contribution in [0.25, 0.3) is 22.2 Å². The smallest absolute Gasteiger partial charge is 0.256 e. The highest BCUT2D eigenvalue weighted by Crippen LogP contribution is 2.27. The zero-order chi connectivity index (χ0) is 22.7. The molecule has 4 rings (SSSR count). The van der Waals surface area contributed by atoms with Crippen LogP contribution in [0.5, 0.6) is 5.75 Å². The quantitative estimate of drug-likeness (QED) is 0.447. The lowest BCUT2D eigenvalue weighted by atomic mass is 10.0. The summed E-state index contributed by atoms with van der Waals surface area (Å²) in [4.78, 5) is 29.3. The van der Waals surface area contributed by atoms with Crippen LogP contribution in [0.4, 0.5) is 11.4 Å². The standard InChI is InChI=1S/C26H23N3O3/c1-16-4-13-24-22(14-16)23(26(31)28-20-9-11-21(32-3)12-10-20)15-25(29-24)18-5-7-19(8-6-18)27-17(2)30/h4-15H,1-3H3,(H,27,30)(H,28,31). The maximum absolute atomic E-state index is 13.2. The van der Waals surface area contributed by atoms with Crippen LogP contribution in [-0.2, 0) is 4.79 Å². The summed E-state index contributed by atoms with van der Waals surface area (Å²) >= 11 is 0. The van der Waals surface area contributed by atoms with E-state index in [-0.39, 0.29) is 11.8 Å². The van der Waals surface area contributed by atoms with Gasteiger partial charge in [-0.1, -0.05) is 23.8 Å². The summed E-state index contributed by atoms with van der Waals surface area (Å²) in [6, 6.07) is 22.2. The third-order valence-corrected chi connectivity index (χ3v) is 5.06. The van der Waals surface area contributed by atoms with Crippen LogP contribution in [-0.4, -0.2) is 23.9 Å². The van der Waals surface area contributed by atoms with Gasteiger partial charge in [-0.2, -0.15) is 0 Å². The first-order valence-corrected chi connectivity index (χ1v) is 10.2. The molecule has 160 valence electrons. The Labute approximate surface area is 186 Å². The third-order valence-electron chi connectivity index (χ3n) is 5.06. The molecule has 3 aromatic carbocycles. The fourth-order valence-electron chi connectivity index (χ4n) is 3.48. The lowest BCUT2D eigenvalue weighted by molar-refractivity contribution is -0.114. The molecular weight excluding hydrogens is 402 g/mol. The summed E-state index contributed by atoms with van der Waals surface area (Å²) in [6.07, 6.45) is 0.